The van der Waals surface area contributed by atoms with Crippen molar-refractivity contribution in [2.24, 2.45) is 17.8 Å². The summed E-state index contributed by atoms with van der Waals surface area (Å²) in [5.74, 6) is -2.53. The van der Waals surface area contributed by atoms with Crippen LogP contribution in [-0.2, 0) is 53.8 Å². The van der Waals surface area contributed by atoms with Gasteiger partial charge in [0.15, 0.2) is 30.4 Å². The van der Waals surface area contributed by atoms with Crippen LogP contribution in [0.15, 0.2) is 24.3 Å². The molecule has 0 aliphatic carbocycles. The van der Waals surface area contributed by atoms with Crippen LogP contribution in [0.4, 0.5) is 9.59 Å². The molecule has 1 amide bonds. The normalized spacial score (nSPS) is 42.0. The van der Waals surface area contributed by atoms with Gasteiger partial charge in [0.2, 0.25) is 0 Å². The molecule has 4 heterocycles. The van der Waals surface area contributed by atoms with Crippen LogP contribution in [0.5, 0.6) is 5.75 Å². The molecule has 0 spiro atoms. The van der Waals surface area contributed by atoms with Crippen LogP contribution in [0.2, 0.25) is 0 Å². The maximum atomic E-state index is 14.7. The van der Waals surface area contributed by atoms with Gasteiger partial charge >= 0.3 is 18.2 Å². The topological polar surface area (TPSA) is 213 Å². The van der Waals surface area contributed by atoms with Crippen molar-refractivity contribution in [3.8, 4) is 5.75 Å². The van der Waals surface area contributed by atoms with E-state index >= 15 is 0 Å². The Morgan fingerprint density at radius 2 is 1.64 bits per heavy atom. The van der Waals surface area contributed by atoms with E-state index in [9.17, 15) is 29.7 Å². The second kappa shape index (κ2) is 22.0. The largest absolute Gasteiger partial charge is 0.509 e. The third-order valence-corrected chi connectivity index (χ3v) is 14.5. The average molecular weight is 938 g/mol. The van der Waals surface area contributed by atoms with Gasteiger partial charge in [-0.1, -0.05) is 32.9 Å². The van der Waals surface area contributed by atoms with Gasteiger partial charge in [-0.3, -0.25) is 9.69 Å². The Kier molecular flexibility index (Phi) is 17.8. The highest BCUT2D eigenvalue weighted by molar-refractivity contribution is 5.73. The summed E-state index contributed by atoms with van der Waals surface area (Å²) in [6.45, 7) is 18.9. The molecule has 0 bridgehead atoms. The van der Waals surface area contributed by atoms with Crippen molar-refractivity contribution < 1.29 is 72.3 Å². The number of aliphatic hydroxyl groups excluding tert-OH is 1. The predicted octanol–water partition coefficient (Wildman–Crippen LogP) is 4.77. The van der Waals surface area contributed by atoms with Crippen molar-refractivity contribution in [2.45, 2.75) is 192 Å². The number of alkyl carbamates (subject to hydrolysis) is 1. The van der Waals surface area contributed by atoms with E-state index in [2.05, 4.69) is 5.32 Å². The molecule has 18 nitrogen and oxygen atoms in total. The SMILES string of the molecule is CC[C@H]1OC(=O)[C@H](C)[C@@H](O[C@H]2C[C@@](C)(OC)[C@@H](OC(=O)NCCc3ccc(O)cc3)[C@H](C)O2)[C@H](C)[C@@H](O[C@@H]2O[C@H](C)C[C@H](N(C)C)[C@H]2O)[C@](C)(O)C[C@@H](C)CN(C)[C@H](C)[C@H]2OC(=O)O[C@@]21C. The molecular formula is C48H79N3O15. The molecule has 18 atom stereocenters. The zero-order valence-corrected chi connectivity index (χ0v) is 41.6. The average Bonchev–Trinajstić information content (AvgIpc) is 3.56. The number of rotatable bonds is 11. The number of aromatic hydroxyl groups is 1. The third kappa shape index (κ3) is 12.3. The van der Waals surface area contributed by atoms with Gasteiger partial charge in [0, 0.05) is 44.6 Å². The first-order valence-electron chi connectivity index (χ1n) is 23.6. The van der Waals surface area contributed by atoms with E-state index in [1.54, 1.807) is 58.9 Å². The molecule has 0 aromatic heterocycles. The quantitative estimate of drug-likeness (QED) is 0.174. The van der Waals surface area contributed by atoms with Crippen LogP contribution in [-0.4, -0.2) is 175 Å². The molecule has 0 radical (unpaired) electrons. The maximum Gasteiger partial charge on any atom is 0.509 e. The van der Waals surface area contributed by atoms with Gasteiger partial charge in [-0.25, -0.2) is 9.59 Å². The Bertz CT molecular complexity index is 1770. The summed E-state index contributed by atoms with van der Waals surface area (Å²) in [6, 6.07) is 6.03. The minimum Gasteiger partial charge on any atom is -0.508 e. The lowest BCUT2D eigenvalue weighted by atomic mass is 9.77. The molecule has 5 rings (SSSR count). The number of methoxy groups -OCH3 is 1. The first-order chi connectivity index (χ1) is 30.8. The van der Waals surface area contributed by atoms with Crippen LogP contribution in [0, 0.1) is 17.8 Å². The summed E-state index contributed by atoms with van der Waals surface area (Å²) in [6.07, 6.45) is -8.99. The maximum absolute atomic E-state index is 14.7. The number of hydrogen-bond donors (Lipinski definition) is 4. The standard InChI is InChI=1S/C48H79N3O15/c1-15-35-48(10)40(65-45(56)66-48)30(6)51(13)25-26(2)23-46(8,57)39(63-43-37(53)34(50(11)12)22-27(3)59-43)28(4)38(29(5)42(54)61-35)62-36-24-47(9,58-14)41(31(7)60-36)64-44(55)49-21-20-32-16-18-33(52)19-17-32/h16-19,26-31,34-41,43,52-53,57H,15,20-25H2,1-14H3,(H,49,55)/t26-,27-,28+,29-,30-,31+,34+,35-,36+,37-,38+,39-,40-,41+,43+,46-,47-,48-/m1/s1. The summed E-state index contributed by atoms with van der Waals surface area (Å²) in [7, 11) is 7.18. The summed E-state index contributed by atoms with van der Waals surface area (Å²) in [5.41, 5.74) is -3.17. The molecule has 0 unspecified atom stereocenters. The molecule has 1 aromatic carbocycles. The predicted molar refractivity (Wildman–Crippen MR) is 241 cm³/mol. The van der Waals surface area contributed by atoms with E-state index in [1.165, 1.54) is 7.11 Å². The number of benzene rings is 1. The van der Waals surface area contributed by atoms with E-state index in [-0.39, 0.29) is 49.2 Å². The van der Waals surface area contributed by atoms with Gasteiger partial charge < -0.3 is 68.2 Å². The Hall–Kier alpha value is -3.33. The van der Waals surface area contributed by atoms with E-state index in [0.717, 1.165) is 5.56 Å². The first kappa shape index (κ1) is 53.6. The number of likely N-dealkylation sites (N-methyl/N-ethyl adjacent to an activating group) is 2. The zero-order valence-electron chi connectivity index (χ0n) is 41.6. The molecule has 4 aliphatic heterocycles. The van der Waals surface area contributed by atoms with Gasteiger partial charge in [-0.05, 0) is 119 Å². The minimum atomic E-state index is -1.61. The van der Waals surface area contributed by atoms with Gasteiger partial charge in [0.1, 0.15) is 23.6 Å². The molecule has 4 saturated heterocycles. The third-order valence-electron chi connectivity index (χ3n) is 14.5. The summed E-state index contributed by atoms with van der Waals surface area (Å²) in [5, 5.41) is 36.9. The van der Waals surface area contributed by atoms with Gasteiger partial charge in [0.05, 0.1) is 35.9 Å². The van der Waals surface area contributed by atoms with Crippen LogP contribution in [0.3, 0.4) is 0 Å². The Morgan fingerprint density at radius 3 is 2.26 bits per heavy atom. The van der Waals surface area contributed by atoms with Crippen molar-refractivity contribution in [3.05, 3.63) is 29.8 Å². The second-order valence-electron chi connectivity index (χ2n) is 20.3. The monoisotopic (exact) mass is 938 g/mol. The number of phenols is 1. The molecule has 4 fully saturated rings. The number of ether oxygens (including phenoxy) is 9. The molecule has 4 aliphatic rings. The fourth-order valence-electron chi connectivity index (χ4n) is 10.7. The van der Waals surface area contributed by atoms with E-state index in [4.69, 9.17) is 42.6 Å². The van der Waals surface area contributed by atoms with Crippen molar-refractivity contribution in [3.63, 3.8) is 0 Å². The first-order valence-corrected chi connectivity index (χ1v) is 23.6. The van der Waals surface area contributed by atoms with E-state index in [0.29, 0.717) is 25.8 Å². The lowest BCUT2D eigenvalue weighted by molar-refractivity contribution is -0.317. The van der Waals surface area contributed by atoms with Crippen LogP contribution >= 0.6 is 0 Å². The number of nitrogens with one attached hydrogen (secondary N) is 1. The number of amides is 1. The minimum absolute atomic E-state index is 0.0601. The van der Waals surface area contributed by atoms with E-state index in [1.807, 2.05) is 65.6 Å². The Morgan fingerprint density at radius 1 is 0.970 bits per heavy atom. The molecule has 1 aromatic rings. The Balaban J connectivity index is 1.49. The second-order valence-corrected chi connectivity index (χ2v) is 20.3. The van der Waals surface area contributed by atoms with Crippen molar-refractivity contribution in [1.29, 1.82) is 0 Å². The number of aliphatic hydroxyl groups is 2. The number of esters is 1. The van der Waals surface area contributed by atoms with Crippen LogP contribution in [0.1, 0.15) is 100 Å². The Labute approximate surface area is 391 Å². The van der Waals surface area contributed by atoms with Crippen molar-refractivity contribution >= 4 is 18.2 Å². The van der Waals surface area contributed by atoms with Gasteiger partial charge in [-0.2, -0.15) is 0 Å². The number of cyclic esters (lactones) is 1. The van der Waals surface area contributed by atoms with Gasteiger partial charge in [-0.15, -0.1) is 0 Å². The summed E-state index contributed by atoms with van der Waals surface area (Å²) >= 11 is 0. The number of phenolic OH excluding ortho intramolecular Hbond substituents is 1. The summed E-state index contributed by atoms with van der Waals surface area (Å²) < 4.78 is 56.6. The number of hydrogen-bond acceptors (Lipinski definition) is 17. The number of nitrogens with zero attached hydrogens (tertiary/aromatic N) is 2. The van der Waals surface area contributed by atoms with Crippen LogP contribution < -0.4 is 5.32 Å². The highest BCUT2D eigenvalue weighted by atomic mass is 16.8. The van der Waals surface area contributed by atoms with Crippen molar-refractivity contribution in [2.75, 3.05) is 41.3 Å². The highest BCUT2D eigenvalue weighted by Gasteiger charge is 2.58. The highest BCUT2D eigenvalue weighted by Crippen LogP contribution is 2.42. The fourth-order valence-corrected chi connectivity index (χ4v) is 10.7. The van der Waals surface area contributed by atoms with Crippen molar-refractivity contribution in [1.82, 2.24) is 15.1 Å². The molecule has 18 heteroatoms. The zero-order chi connectivity index (χ0) is 49.1. The molecular weight excluding hydrogens is 859 g/mol. The van der Waals surface area contributed by atoms with Crippen LogP contribution in [0.25, 0.3) is 0 Å². The molecule has 66 heavy (non-hydrogen) atoms. The lowest BCUT2D eigenvalue weighted by Gasteiger charge is -2.49. The number of fused-ring (bicyclic) bond motifs is 1. The lowest BCUT2D eigenvalue weighted by Crippen LogP contribution is -2.61. The fraction of sp³-hybridized carbons (Fsp3) is 0.812. The molecule has 0 saturated carbocycles. The smallest absolute Gasteiger partial charge is 0.508 e. The number of carbonyl (C=O) groups is 3. The number of carbonyl (C=O) groups excluding carboxylic acids is 3. The summed E-state index contributed by atoms with van der Waals surface area (Å²) in [4.78, 5) is 44.7. The molecule has 376 valence electrons. The van der Waals surface area contributed by atoms with Gasteiger partial charge in [0.25, 0.3) is 0 Å². The molecule has 4 N–H and O–H groups in total. The van der Waals surface area contributed by atoms with E-state index < -0.39 is 102 Å².